The van der Waals surface area contributed by atoms with Crippen LogP contribution in [0.25, 0.3) is 11.6 Å². The first kappa shape index (κ1) is 29.3. The third-order valence-electron chi connectivity index (χ3n) is 6.38. The minimum Gasteiger partial charge on any atom is -0.486 e. The van der Waals surface area contributed by atoms with Crippen LogP contribution in [0.2, 0.25) is 5.02 Å². The molecular formula is C28H25ClF3NO6S. The van der Waals surface area contributed by atoms with Gasteiger partial charge in [0.25, 0.3) is 10.0 Å². The normalized spacial score (nSPS) is 15.5. The molecule has 0 saturated heterocycles. The van der Waals surface area contributed by atoms with Gasteiger partial charge in [0, 0.05) is 18.1 Å². The fraction of sp³-hybridized carbons (Fsp3) is 0.250. The van der Waals surface area contributed by atoms with E-state index in [0.29, 0.717) is 16.7 Å². The van der Waals surface area contributed by atoms with Gasteiger partial charge in [-0.25, -0.2) is 12.8 Å². The van der Waals surface area contributed by atoms with E-state index in [1.54, 1.807) is 38.1 Å². The first-order chi connectivity index (χ1) is 18.9. The Morgan fingerprint density at radius 1 is 1.23 bits per heavy atom. The van der Waals surface area contributed by atoms with Crippen molar-refractivity contribution in [3.63, 3.8) is 0 Å². The van der Waals surface area contributed by atoms with Gasteiger partial charge < -0.3 is 14.6 Å². The quantitative estimate of drug-likeness (QED) is 0.274. The minimum atomic E-state index is -4.36. The molecule has 1 unspecified atom stereocenters. The average Bonchev–Trinajstić information content (AvgIpc) is 2.88. The summed E-state index contributed by atoms with van der Waals surface area (Å²) in [6.45, 7) is -0.0368. The Bertz CT molecular complexity index is 1560. The van der Waals surface area contributed by atoms with Crippen molar-refractivity contribution in [2.24, 2.45) is 0 Å². The van der Waals surface area contributed by atoms with Gasteiger partial charge in [0.2, 0.25) is 0 Å². The molecule has 4 rings (SSSR count). The molecule has 0 aromatic heterocycles. The summed E-state index contributed by atoms with van der Waals surface area (Å²) in [7, 11) is -4.36. The van der Waals surface area contributed by atoms with Crippen molar-refractivity contribution in [2.45, 2.75) is 44.3 Å². The Morgan fingerprint density at radius 3 is 2.62 bits per heavy atom. The van der Waals surface area contributed by atoms with E-state index in [2.05, 4.69) is 4.74 Å². The number of nitrogens with zero attached hydrogens (tertiary/aromatic N) is 1. The summed E-state index contributed by atoms with van der Waals surface area (Å²) in [4.78, 5) is 10.9. The summed E-state index contributed by atoms with van der Waals surface area (Å²) in [6.07, 6.45) is 0.645. The average molecular weight is 596 g/mol. The second kappa shape index (κ2) is 11.8. The third-order valence-corrected chi connectivity index (χ3v) is 8.45. The summed E-state index contributed by atoms with van der Waals surface area (Å²) >= 11 is 6.22. The maximum Gasteiger partial charge on any atom is 0.387 e. The van der Waals surface area contributed by atoms with Crippen LogP contribution >= 0.6 is 11.6 Å². The second-order valence-electron chi connectivity index (χ2n) is 9.11. The highest BCUT2D eigenvalue weighted by Gasteiger charge is 2.36. The van der Waals surface area contributed by atoms with E-state index in [-0.39, 0.29) is 52.1 Å². The summed E-state index contributed by atoms with van der Waals surface area (Å²) in [5.41, 5.74) is 1.91. The van der Waals surface area contributed by atoms with Gasteiger partial charge in [0.05, 0.1) is 22.2 Å². The number of carbonyl (C=O) groups is 1. The van der Waals surface area contributed by atoms with Crippen LogP contribution in [-0.4, -0.2) is 38.8 Å². The number of aliphatic carboxylic acids is 1. The lowest BCUT2D eigenvalue weighted by Crippen LogP contribution is -2.44. The lowest BCUT2D eigenvalue weighted by molar-refractivity contribution is -0.137. The number of fused-ring (bicyclic) bond motifs is 1. The van der Waals surface area contributed by atoms with Gasteiger partial charge in [-0.2, -0.15) is 8.78 Å². The van der Waals surface area contributed by atoms with Gasteiger partial charge in [-0.1, -0.05) is 35.9 Å². The number of sulfonamides is 1. The summed E-state index contributed by atoms with van der Waals surface area (Å²) < 4.78 is 79.4. The maximum absolute atomic E-state index is 14.5. The fourth-order valence-corrected chi connectivity index (χ4v) is 6.43. The molecule has 1 N–H and O–H groups in total. The molecule has 1 atom stereocenters. The van der Waals surface area contributed by atoms with Crippen LogP contribution in [-0.2, 0) is 14.8 Å². The molecule has 40 heavy (non-hydrogen) atoms. The predicted octanol–water partition coefficient (Wildman–Crippen LogP) is 6.77. The zero-order valence-corrected chi connectivity index (χ0v) is 23.0. The van der Waals surface area contributed by atoms with E-state index in [1.807, 2.05) is 0 Å². The fourth-order valence-electron chi connectivity index (χ4n) is 4.52. The lowest BCUT2D eigenvalue weighted by atomic mass is 9.99. The number of anilines is 1. The number of carboxylic acids is 1. The number of alkyl halides is 2. The zero-order chi connectivity index (χ0) is 29.2. The van der Waals surface area contributed by atoms with Crippen LogP contribution in [0.1, 0.15) is 36.5 Å². The summed E-state index contributed by atoms with van der Waals surface area (Å²) in [6, 6.07) is 12.3. The van der Waals surface area contributed by atoms with Crippen molar-refractivity contribution in [1.82, 2.24) is 0 Å². The summed E-state index contributed by atoms with van der Waals surface area (Å²) in [5.74, 6) is -1.73. The van der Waals surface area contributed by atoms with E-state index in [1.165, 1.54) is 30.3 Å². The van der Waals surface area contributed by atoms with Crippen LogP contribution in [0.5, 0.6) is 11.5 Å². The van der Waals surface area contributed by atoms with Crippen LogP contribution in [0.15, 0.2) is 59.5 Å². The third kappa shape index (κ3) is 6.20. The van der Waals surface area contributed by atoms with Gasteiger partial charge in [-0.05, 0) is 67.3 Å². The highest BCUT2D eigenvalue weighted by atomic mass is 35.5. The molecule has 1 heterocycles. The largest absolute Gasteiger partial charge is 0.486 e. The molecule has 0 saturated carbocycles. The molecule has 1 aliphatic rings. The highest BCUT2D eigenvalue weighted by molar-refractivity contribution is 7.92. The minimum absolute atomic E-state index is 0.0287. The molecule has 3 aromatic carbocycles. The van der Waals surface area contributed by atoms with E-state index >= 15 is 0 Å². The molecular weight excluding hydrogens is 571 g/mol. The van der Waals surface area contributed by atoms with Crippen molar-refractivity contribution in [3.05, 3.63) is 82.1 Å². The summed E-state index contributed by atoms with van der Waals surface area (Å²) in [5, 5.41) is 9.35. The van der Waals surface area contributed by atoms with Crippen molar-refractivity contribution < 1.29 is 41.0 Å². The first-order valence-electron chi connectivity index (χ1n) is 12.1. The molecule has 0 fully saturated rings. The van der Waals surface area contributed by atoms with Gasteiger partial charge in [-0.15, -0.1) is 0 Å². The molecule has 0 spiro atoms. The Balaban J connectivity index is 1.83. The van der Waals surface area contributed by atoms with Crippen LogP contribution in [0.4, 0.5) is 18.9 Å². The van der Waals surface area contributed by atoms with Crippen molar-refractivity contribution in [2.75, 3.05) is 10.8 Å². The second-order valence-corrected chi connectivity index (χ2v) is 11.4. The van der Waals surface area contributed by atoms with E-state index in [4.69, 9.17) is 21.4 Å². The van der Waals surface area contributed by atoms with Crippen LogP contribution < -0.4 is 13.8 Å². The Labute approximate surface area is 234 Å². The topological polar surface area (TPSA) is 93.1 Å². The molecule has 3 aromatic rings. The molecule has 12 heteroatoms. The monoisotopic (exact) mass is 595 g/mol. The molecule has 0 amide bonds. The number of hydrogen-bond acceptors (Lipinski definition) is 5. The number of benzene rings is 3. The number of allylic oxidation sites excluding steroid dienone is 1. The molecule has 1 aliphatic heterocycles. The number of hydrogen-bond donors (Lipinski definition) is 1. The number of carboxylic acid groups (broad SMARTS) is 1. The standard InChI is InChI=1S/C28H25ClF3NO6S/c1-16(26-22(29)7-4-8-23(26)30)13-18-9-11-24-27(17(18)2)33(15-20(38-24)10-12-25(34)35)40(36,37)21-6-3-5-19(14-21)39-28(31)32/h3-9,11,13-14,20,28H,10,12,15H2,1-2H3,(H,34,35). The van der Waals surface area contributed by atoms with Gasteiger partial charge in [0.1, 0.15) is 23.4 Å². The zero-order valence-electron chi connectivity index (χ0n) is 21.4. The molecule has 212 valence electrons. The lowest BCUT2D eigenvalue weighted by Gasteiger charge is -2.37. The van der Waals surface area contributed by atoms with E-state index < -0.39 is 34.5 Å². The van der Waals surface area contributed by atoms with Crippen molar-refractivity contribution >= 4 is 44.9 Å². The first-order valence-corrected chi connectivity index (χ1v) is 13.9. The Morgan fingerprint density at radius 2 is 1.95 bits per heavy atom. The number of rotatable bonds is 9. The van der Waals surface area contributed by atoms with Crippen LogP contribution in [0.3, 0.4) is 0 Å². The van der Waals surface area contributed by atoms with Crippen LogP contribution in [0, 0.1) is 12.7 Å². The van der Waals surface area contributed by atoms with E-state index in [0.717, 1.165) is 10.4 Å². The van der Waals surface area contributed by atoms with E-state index in [9.17, 15) is 26.4 Å². The van der Waals surface area contributed by atoms with Gasteiger partial charge in [0.15, 0.2) is 0 Å². The number of halogens is 4. The molecule has 0 radical (unpaired) electrons. The Kier molecular flexibility index (Phi) is 8.65. The molecule has 0 aliphatic carbocycles. The maximum atomic E-state index is 14.5. The molecule has 7 nitrogen and oxygen atoms in total. The van der Waals surface area contributed by atoms with Crippen molar-refractivity contribution in [3.8, 4) is 11.5 Å². The van der Waals surface area contributed by atoms with Gasteiger partial charge >= 0.3 is 12.6 Å². The Hall–Kier alpha value is -3.70. The highest BCUT2D eigenvalue weighted by Crippen LogP contribution is 2.43. The van der Waals surface area contributed by atoms with Gasteiger partial charge in [-0.3, -0.25) is 9.10 Å². The smallest absolute Gasteiger partial charge is 0.387 e. The number of ether oxygens (including phenoxy) is 2. The van der Waals surface area contributed by atoms with Crippen molar-refractivity contribution in [1.29, 1.82) is 0 Å². The SMILES string of the molecule is CC(=Cc1ccc2c(c1C)N(S(=O)(=O)c1cccc(OC(F)F)c1)CC(CCC(=O)O)O2)c1c(F)cccc1Cl. The molecule has 0 bridgehead atoms. The predicted molar refractivity (Wildman–Crippen MR) is 145 cm³/mol.